The Morgan fingerprint density at radius 2 is 1.55 bits per heavy atom. The average molecular weight is 424 g/mol. The maximum atomic E-state index is 13.0. The summed E-state index contributed by atoms with van der Waals surface area (Å²) >= 11 is 0. The topological polar surface area (TPSA) is 87.3 Å². The van der Waals surface area contributed by atoms with E-state index in [1.54, 1.807) is 24.3 Å². The Balaban J connectivity index is 2.12. The second kappa shape index (κ2) is 10.8. The van der Waals surface area contributed by atoms with Crippen molar-refractivity contribution in [3.05, 3.63) is 65.7 Å². The Hall–Kier alpha value is -3.15. The molecule has 0 saturated heterocycles. The second-order valence-corrected chi connectivity index (χ2v) is 8.77. The van der Waals surface area contributed by atoms with Crippen LogP contribution >= 0.6 is 0 Å². The lowest BCUT2D eigenvalue weighted by Crippen LogP contribution is -2.42. The van der Waals surface area contributed by atoms with Crippen LogP contribution in [0, 0.1) is 5.92 Å². The van der Waals surface area contributed by atoms with Crippen molar-refractivity contribution >= 4 is 23.4 Å². The Labute approximate surface area is 184 Å². The van der Waals surface area contributed by atoms with Crippen LogP contribution < -0.4 is 16.0 Å². The smallest absolute Gasteiger partial charge is 0.251 e. The van der Waals surface area contributed by atoms with Crippen molar-refractivity contribution in [1.82, 2.24) is 10.6 Å². The third-order valence-electron chi connectivity index (χ3n) is 5.04. The maximum absolute atomic E-state index is 13.0. The summed E-state index contributed by atoms with van der Waals surface area (Å²) in [6.07, 6.45) is 1.16. The van der Waals surface area contributed by atoms with Gasteiger partial charge in [-0.1, -0.05) is 51.1 Å². The summed E-state index contributed by atoms with van der Waals surface area (Å²) in [4.78, 5) is 37.7. The number of carbonyl (C=O) groups excluding carboxylic acids is 3. The van der Waals surface area contributed by atoms with Crippen LogP contribution in [-0.4, -0.2) is 23.3 Å². The molecule has 2 rings (SSSR count). The molecular weight excluding hydrogens is 390 g/mol. The summed E-state index contributed by atoms with van der Waals surface area (Å²) in [5, 5.41) is 8.66. The summed E-state index contributed by atoms with van der Waals surface area (Å²) in [5.41, 5.74) is 1.48. The first-order valence-corrected chi connectivity index (χ1v) is 10.7. The van der Waals surface area contributed by atoms with E-state index in [-0.39, 0.29) is 29.2 Å². The SMILES string of the molecule is CCC(C)(C)NC(=O)c1ccc(NC(=O)C(NC(=O)CC(C)C)c2ccccc2)cc1. The molecule has 0 aliphatic heterocycles. The number of nitrogens with one attached hydrogen (secondary N) is 3. The predicted molar refractivity (Wildman–Crippen MR) is 124 cm³/mol. The van der Waals surface area contributed by atoms with Crippen LogP contribution in [0.3, 0.4) is 0 Å². The zero-order valence-electron chi connectivity index (χ0n) is 19.0. The highest BCUT2D eigenvalue weighted by Gasteiger charge is 2.23. The van der Waals surface area contributed by atoms with Crippen molar-refractivity contribution in [3.63, 3.8) is 0 Å². The van der Waals surface area contributed by atoms with E-state index in [4.69, 9.17) is 0 Å². The van der Waals surface area contributed by atoms with E-state index in [1.165, 1.54) is 0 Å². The molecule has 3 N–H and O–H groups in total. The van der Waals surface area contributed by atoms with Gasteiger partial charge in [-0.25, -0.2) is 0 Å². The van der Waals surface area contributed by atoms with E-state index < -0.39 is 6.04 Å². The van der Waals surface area contributed by atoms with Crippen LogP contribution in [0.1, 0.15) is 69.4 Å². The lowest BCUT2D eigenvalue weighted by molar-refractivity contribution is -0.127. The Kier molecular flexibility index (Phi) is 8.37. The molecule has 0 heterocycles. The number of amides is 3. The van der Waals surface area contributed by atoms with Gasteiger partial charge in [-0.05, 0) is 56.0 Å². The fourth-order valence-electron chi connectivity index (χ4n) is 2.92. The monoisotopic (exact) mass is 423 g/mol. The highest BCUT2D eigenvalue weighted by molar-refractivity contribution is 5.99. The van der Waals surface area contributed by atoms with Gasteiger partial charge in [-0.3, -0.25) is 14.4 Å². The van der Waals surface area contributed by atoms with Gasteiger partial charge in [-0.2, -0.15) is 0 Å². The fourth-order valence-corrected chi connectivity index (χ4v) is 2.92. The van der Waals surface area contributed by atoms with Crippen molar-refractivity contribution in [2.75, 3.05) is 5.32 Å². The van der Waals surface area contributed by atoms with Gasteiger partial charge < -0.3 is 16.0 Å². The lowest BCUT2D eigenvalue weighted by Gasteiger charge is -2.24. The summed E-state index contributed by atoms with van der Waals surface area (Å²) < 4.78 is 0. The van der Waals surface area contributed by atoms with Crippen LogP contribution in [0.25, 0.3) is 0 Å². The van der Waals surface area contributed by atoms with Crippen LogP contribution in [0.15, 0.2) is 54.6 Å². The van der Waals surface area contributed by atoms with Crippen molar-refractivity contribution in [3.8, 4) is 0 Å². The van der Waals surface area contributed by atoms with Gasteiger partial charge in [0.25, 0.3) is 11.8 Å². The number of benzene rings is 2. The molecular formula is C25H33N3O3. The number of carbonyl (C=O) groups is 3. The number of rotatable bonds is 9. The van der Waals surface area contributed by atoms with Crippen molar-refractivity contribution in [2.45, 2.75) is 59.0 Å². The van der Waals surface area contributed by atoms with Crippen LogP contribution in [0.5, 0.6) is 0 Å². The van der Waals surface area contributed by atoms with Gasteiger partial charge in [0.05, 0.1) is 0 Å². The first kappa shape index (κ1) is 24.1. The van der Waals surface area contributed by atoms with Crippen LogP contribution in [0.4, 0.5) is 5.69 Å². The third kappa shape index (κ3) is 7.55. The molecule has 0 aliphatic carbocycles. The summed E-state index contributed by atoms with van der Waals surface area (Å²) in [6.45, 7) is 9.86. The summed E-state index contributed by atoms with van der Waals surface area (Å²) in [7, 11) is 0. The van der Waals surface area contributed by atoms with Gasteiger partial charge in [0.2, 0.25) is 5.91 Å². The average Bonchev–Trinajstić information content (AvgIpc) is 2.72. The fraction of sp³-hybridized carbons (Fsp3) is 0.400. The molecule has 0 bridgehead atoms. The molecule has 0 saturated carbocycles. The Bertz CT molecular complexity index is 890. The molecule has 6 heteroatoms. The maximum Gasteiger partial charge on any atom is 0.251 e. The van der Waals surface area contributed by atoms with E-state index in [2.05, 4.69) is 16.0 Å². The highest BCUT2D eigenvalue weighted by Crippen LogP contribution is 2.18. The third-order valence-corrected chi connectivity index (χ3v) is 5.04. The molecule has 1 unspecified atom stereocenters. The lowest BCUT2D eigenvalue weighted by atomic mass is 10.0. The number of hydrogen-bond donors (Lipinski definition) is 3. The van der Waals surface area contributed by atoms with Gasteiger partial charge in [0.1, 0.15) is 6.04 Å². The minimum atomic E-state index is -0.805. The molecule has 2 aromatic rings. The first-order chi connectivity index (χ1) is 14.6. The predicted octanol–water partition coefficient (Wildman–Crippen LogP) is 4.45. The zero-order chi connectivity index (χ0) is 23.0. The Morgan fingerprint density at radius 3 is 2.10 bits per heavy atom. The summed E-state index contributed by atoms with van der Waals surface area (Å²) in [5.74, 6) is -0.485. The molecule has 0 fully saturated rings. The zero-order valence-corrected chi connectivity index (χ0v) is 19.0. The van der Waals surface area contributed by atoms with E-state index in [0.717, 1.165) is 6.42 Å². The number of hydrogen-bond acceptors (Lipinski definition) is 3. The van der Waals surface area contributed by atoms with Gasteiger partial charge in [-0.15, -0.1) is 0 Å². The minimum absolute atomic E-state index is 0.159. The molecule has 0 aliphatic rings. The van der Waals surface area contributed by atoms with Gasteiger partial charge in [0, 0.05) is 23.2 Å². The van der Waals surface area contributed by atoms with E-state index in [9.17, 15) is 14.4 Å². The molecule has 0 aromatic heterocycles. The van der Waals surface area contributed by atoms with Crippen LogP contribution in [-0.2, 0) is 9.59 Å². The molecule has 2 aromatic carbocycles. The molecule has 0 radical (unpaired) electrons. The molecule has 6 nitrogen and oxygen atoms in total. The number of anilines is 1. The van der Waals surface area contributed by atoms with E-state index in [0.29, 0.717) is 23.2 Å². The first-order valence-electron chi connectivity index (χ1n) is 10.7. The summed E-state index contributed by atoms with van der Waals surface area (Å²) in [6, 6.07) is 15.0. The molecule has 1 atom stereocenters. The van der Waals surface area contributed by atoms with Gasteiger partial charge in [0.15, 0.2) is 0 Å². The largest absolute Gasteiger partial charge is 0.347 e. The standard InChI is InChI=1S/C25H33N3O3/c1-6-25(4,5)28-23(30)19-12-14-20(15-13-19)26-24(31)22(18-10-8-7-9-11-18)27-21(29)16-17(2)3/h7-15,17,22H,6,16H2,1-5H3,(H,26,31)(H,27,29)(H,28,30). The van der Waals surface area contributed by atoms with Gasteiger partial charge >= 0.3 is 0 Å². The molecule has 166 valence electrons. The molecule has 3 amide bonds. The van der Waals surface area contributed by atoms with Crippen LogP contribution in [0.2, 0.25) is 0 Å². The molecule has 31 heavy (non-hydrogen) atoms. The van der Waals surface area contributed by atoms with E-state index >= 15 is 0 Å². The quantitative estimate of drug-likeness (QED) is 0.557. The van der Waals surface area contributed by atoms with E-state index in [1.807, 2.05) is 65.0 Å². The second-order valence-electron chi connectivity index (χ2n) is 8.77. The normalized spacial score (nSPS) is 12.2. The highest BCUT2D eigenvalue weighted by atomic mass is 16.2. The molecule has 0 spiro atoms. The van der Waals surface area contributed by atoms with Crippen molar-refractivity contribution in [1.29, 1.82) is 0 Å². The van der Waals surface area contributed by atoms with Crippen molar-refractivity contribution < 1.29 is 14.4 Å². The van der Waals surface area contributed by atoms with Crippen molar-refractivity contribution in [2.24, 2.45) is 5.92 Å². The minimum Gasteiger partial charge on any atom is -0.347 e. The Morgan fingerprint density at radius 1 is 0.935 bits per heavy atom.